The van der Waals surface area contributed by atoms with Gasteiger partial charge in [-0.25, -0.2) is 4.39 Å². The first kappa shape index (κ1) is 14.8. The van der Waals surface area contributed by atoms with Gasteiger partial charge in [-0.2, -0.15) is 0 Å². The van der Waals surface area contributed by atoms with Gasteiger partial charge in [0.1, 0.15) is 11.5 Å². The summed E-state index contributed by atoms with van der Waals surface area (Å²) in [5, 5.41) is 0.262. The van der Waals surface area contributed by atoms with Crippen LogP contribution in [0.3, 0.4) is 0 Å². The first-order valence-electron chi connectivity index (χ1n) is 6.80. The smallest absolute Gasteiger partial charge is 0.314 e. The van der Waals surface area contributed by atoms with Gasteiger partial charge >= 0.3 is 5.97 Å². The van der Waals surface area contributed by atoms with Crippen molar-refractivity contribution >= 4 is 23.4 Å². The molecular weight excluding hydrogens is 309 g/mol. The molecule has 1 aliphatic rings. The molecule has 0 spiro atoms. The number of ketones is 1. The normalized spacial score (nSPS) is 16.4. The first-order chi connectivity index (χ1) is 10.5. The molecule has 114 valence electrons. The number of hydrogen-bond acceptors (Lipinski definition) is 3. The zero-order chi connectivity index (χ0) is 15.9. The number of fused-ring (bicyclic) bond motifs is 1. The van der Waals surface area contributed by atoms with E-state index in [1.165, 1.54) is 31.4 Å². The Kier molecular flexibility index (Phi) is 3.74. The molecule has 22 heavy (non-hydrogen) atoms. The summed E-state index contributed by atoms with van der Waals surface area (Å²) in [6.07, 6.45) is 0.558. The molecule has 6 heteroatoms. The number of halogens is 2. The Hall–Kier alpha value is -2.14. The van der Waals surface area contributed by atoms with E-state index in [4.69, 9.17) is 16.3 Å². The summed E-state index contributed by atoms with van der Waals surface area (Å²) in [5.74, 6) is -1.61. The van der Waals surface area contributed by atoms with Gasteiger partial charge in [0.25, 0.3) is 0 Å². The van der Waals surface area contributed by atoms with Gasteiger partial charge in [-0.05, 0) is 24.6 Å². The van der Waals surface area contributed by atoms with E-state index in [0.717, 1.165) is 0 Å². The lowest BCUT2D eigenvalue weighted by Crippen LogP contribution is -2.12. The molecule has 0 saturated carbocycles. The van der Waals surface area contributed by atoms with Gasteiger partial charge in [0.05, 0.1) is 18.1 Å². The van der Waals surface area contributed by atoms with Crippen LogP contribution in [0.1, 0.15) is 34.1 Å². The summed E-state index contributed by atoms with van der Waals surface area (Å²) < 4.78 is 19.8. The number of aromatic nitrogens is 1. The second-order valence-electron chi connectivity index (χ2n) is 5.12. The van der Waals surface area contributed by atoms with Gasteiger partial charge in [0, 0.05) is 17.8 Å². The molecule has 0 amide bonds. The van der Waals surface area contributed by atoms with Crippen LogP contribution in [-0.4, -0.2) is 23.4 Å². The Morgan fingerprint density at radius 3 is 2.82 bits per heavy atom. The van der Waals surface area contributed by atoms with Crippen LogP contribution in [0.15, 0.2) is 30.3 Å². The van der Waals surface area contributed by atoms with E-state index in [2.05, 4.69) is 0 Å². The number of carbonyl (C=O) groups excluding carboxylic acids is 2. The molecule has 0 radical (unpaired) electrons. The fourth-order valence-corrected chi connectivity index (χ4v) is 3.15. The van der Waals surface area contributed by atoms with E-state index in [1.807, 2.05) is 0 Å². The number of ether oxygens (including phenoxy) is 1. The summed E-state index contributed by atoms with van der Waals surface area (Å²) in [6, 6.07) is 7.07. The highest BCUT2D eigenvalue weighted by Gasteiger charge is 2.34. The van der Waals surface area contributed by atoms with Crippen LogP contribution in [0, 0.1) is 5.82 Å². The van der Waals surface area contributed by atoms with E-state index < -0.39 is 11.7 Å². The van der Waals surface area contributed by atoms with Gasteiger partial charge < -0.3 is 9.30 Å². The van der Waals surface area contributed by atoms with Crippen LogP contribution in [0.25, 0.3) is 0 Å². The summed E-state index contributed by atoms with van der Waals surface area (Å²) in [6.45, 7) is 0.498. The molecule has 1 aromatic heterocycles. The predicted octanol–water partition coefficient (Wildman–Crippen LogP) is 3.17. The van der Waals surface area contributed by atoms with Crippen molar-refractivity contribution < 1.29 is 18.7 Å². The number of carbonyl (C=O) groups is 2. The number of benzene rings is 1. The standard InChI is InChI=1S/C16H13ClFNO3/c1-22-16(21)11-5-6-19-13(11)8-12(17)14(19)15(20)9-3-2-4-10(18)7-9/h2-4,7-8,11H,5-6H2,1H3. The van der Waals surface area contributed by atoms with Crippen LogP contribution < -0.4 is 0 Å². The molecular formula is C16H13ClFNO3. The quantitative estimate of drug-likeness (QED) is 0.644. The highest BCUT2D eigenvalue weighted by Crippen LogP contribution is 2.36. The molecule has 4 nitrogen and oxygen atoms in total. The van der Waals surface area contributed by atoms with Crippen molar-refractivity contribution in [2.24, 2.45) is 0 Å². The Labute approximate surface area is 131 Å². The average molecular weight is 322 g/mol. The van der Waals surface area contributed by atoms with E-state index in [-0.39, 0.29) is 28.0 Å². The molecule has 0 bridgehead atoms. The number of methoxy groups -OCH3 is 1. The average Bonchev–Trinajstić information content (AvgIpc) is 3.03. The number of nitrogens with zero attached hydrogens (tertiary/aromatic N) is 1. The number of rotatable bonds is 3. The molecule has 2 heterocycles. The SMILES string of the molecule is COC(=O)C1CCn2c1cc(Cl)c2C(=O)c1cccc(F)c1. The number of hydrogen-bond donors (Lipinski definition) is 0. The third kappa shape index (κ3) is 2.31. The second-order valence-corrected chi connectivity index (χ2v) is 5.53. The lowest BCUT2D eigenvalue weighted by Gasteiger charge is -2.07. The van der Waals surface area contributed by atoms with E-state index >= 15 is 0 Å². The van der Waals surface area contributed by atoms with Crippen molar-refractivity contribution in [2.75, 3.05) is 7.11 Å². The van der Waals surface area contributed by atoms with Gasteiger partial charge in [-0.1, -0.05) is 23.7 Å². The lowest BCUT2D eigenvalue weighted by atomic mass is 10.1. The highest BCUT2D eigenvalue weighted by atomic mass is 35.5. The molecule has 1 unspecified atom stereocenters. The van der Waals surface area contributed by atoms with Crippen molar-refractivity contribution in [3.63, 3.8) is 0 Å². The summed E-state index contributed by atoms with van der Waals surface area (Å²) >= 11 is 6.17. The Morgan fingerprint density at radius 2 is 2.14 bits per heavy atom. The third-order valence-corrected chi connectivity index (χ3v) is 4.16. The minimum Gasteiger partial charge on any atom is -0.469 e. The first-order valence-corrected chi connectivity index (χ1v) is 7.17. The van der Waals surface area contributed by atoms with Crippen molar-refractivity contribution in [2.45, 2.75) is 18.9 Å². The number of esters is 1. The topological polar surface area (TPSA) is 48.3 Å². The van der Waals surface area contributed by atoms with Crippen LogP contribution in [-0.2, 0) is 16.1 Å². The van der Waals surface area contributed by atoms with Gasteiger partial charge in [0.15, 0.2) is 0 Å². The summed E-state index contributed by atoms with van der Waals surface area (Å²) in [5.41, 5.74) is 1.18. The van der Waals surface area contributed by atoms with Crippen molar-refractivity contribution in [3.8, 4) is 0 Å². The molecule has 0 fully saturated rings. The zero-order valence-electron chi connectivity index (χ0n) is 11.8. The second kappa shape index (κ2) is 5.57. The molecule has 0 aliphatic carbocycles. The predicted molar refractivity (Wildman–Crippen MR) is 78.6 cm³/mol. The van der Waals surface area contributed by atoms with Crippen molar-refractivity contribution in [1.29, 1.82) is 0 Å². The summed E-state index contributed by atoms with van der Waals surface area (Å²) in [4.78, 5) is 24.4. The Balaban J connectivity index is 2.03. The van der Waals surface area contributed by atoms with Gasteiger partial charge in [-0.15, -0.1) is 0 Å². The zero-order valence-corrected chi connectivity index (χ0v) is 12.6. The Morgan fingerprint density at radius 1 is 1.36 bits per heavy atom. The maximum absolute atomic E-state index is 13.3. The molecule has 2 aromatic rings. The molecule has 1 atom stereocenters. The third-order valence-electron chi connectivity index (χ3n) is 3.87. The Bertz CT molecular complexity index is 769. The van der Waals surface area contributed by atoms with Crippen molar-refractivity contribution in [1.82, 2.24) is 4.57 Å². The van der Waals surface area contributed by atoms with E-state index in [1.54, 1.807) is 10.6 Å². The molecule has 3 rings (SSSR count). The van der Waals surface area contributed by atoms with E-state index in [9.17, 15) is 14.0 Å². The molecule has 0 saturated heterocycles. The minimum atomic E-state index is -0.484. The maximum atomic E-state index is 13.3. The molecule has 1 aliphatic heterocycles. The summed E-state index contributed by atoms with van der Waals surface area (Å²) in [7, 11) is 1.33. The monoisotopic (exact) mass is 321 g/mol. The fraction of sp³-hybridized carbons (Fsp3) is 0.250. The van der Waals surface area contributed by atoms with Crippen LogP contribution in [0.2, 0.25) is 5.02 Å². The van der Waals surface area contributed by atoms with Gasteiger partial charge in [-0.3, -0.25) is 9.59 Å². The fourth-order valence-electron chi connectivity index (χ4n) is 2.85. The van der Waals surface area contributed by atoms with Crippen LogP contribution in [0.5, 0.6) is 0 Å². The largest absolute Gasteiger partial charge is 0.469 e. The molecule has 0 N–H and O–H groups in total. The maximum Gasteiger partial charge on any atom is 0.314 e. The van der Waals surface area contributed by atoms with Crippen molar-refractivity contribution in [3.05, 3.63) is 58.1 Å². The minimum absolute atomic E-state index is 0.226. The van der Waals surface area contributed by atoms with Crippen LogP contribution >= 0.6 is 11.6 Å². The van der Waals surface area contributed by atoms with Gasteiger partial charge in [0.2, 0.25) is 5.78 Å². The van der Waals surface area contributed by atoms with Crippen LogP contribution in [0.4, 0.5) is 4.39 Å². The van der Waals surface area contributed by atoms with E-state index in [0.29, 0.717) is 18.7 Å². The molecule has 1 aromatic carbocycles. The lowest BCUT2D eigenvalue weighted by molar-refractivity contribution is -0.142. The highest BCUT2D eigenvalue weighted by molar-refractivity contribution is 6.35.